The quantitative estimate of drug-likeness (QED) is 0.327. The Morgan fingerprint density at radius 2 is 1.58 bits per heavy atom. The number of benzene rings is 2. The number of carboxylic acids is 1. The summed E-state index contributed by atoms with van der Waals surface area (Å²) in [6.07, 6.45) is 0.960. The lowest BCUT2D eigenvalue weighted by molar-refractivity contribution is -0.141. The van der Waals surface area contributed by atoms with E-state index in [1.54, 1.807) is 26.4 Å². The van der Waals surface area contributed by atoms with Gasteiger partial charge >= 0.3 is 5.97 Å². The number of hydrogen-bond donors (Lipinski definition) is 2. The lowest BCUT2D eigenvalue weighted by atomic mass is 9.98. The summed E-state index contributed by atoms with van der Waals surface area (Å²) in [6.45, 7) is 8.00. The zero-order chi connectivity index (χ0) is 27.0. The van der Waals surface area contributed by atoms with Crippen molar-refractivity contribution in [1.29, 1.82) is 0 Å². The number of hydrogen-bond acceptors (Lipinski definition) is 5. The summed E-state index contributed by atoms with van der Waals surface area (Å²) in [7, 11) is 3.19. The number of nitrogens with one attached hydrogen (secondary N) is 1. The zero-order valence-electron chi connectivity index (χ0n) is 21.4. The van der Waals surface area contributed by atoms with Gasteiger partial charge in [0.15, 0.2) is 0 Å². The molecule has 7 nitrogen and oxygen atoms in total. The van der Waals surface area contributed by atoms with Crippen LogP contribution in [0.1, 0.15) is 45.2 Å². The minimum Gasteiger partial charge on any atom is -0.496 e. The van der Waals surface area contributed by atoms with Crippen LogP contribution in [0, 0.1) is 0 Å². The van der Waals surface area contributed by atoms with E-state index in [-0.39, 0.29) is 22.1 Å². The van der Waals surface area contributed by atoms with E-state index >= 15 is 0 Å². The average Bonchev–Trinajstić information content (AvgIpc) is 2.86. The van der Waals surface area contributed by atoms with Crippen LogP contribution in [0.3, 0.4) is 0 Å². The molecule has 0 aliphatic carbocycles. The van der Waals surface area contributed by atoms with Gasteiger partial charge in [0.05, 0.1) is 32.0 Å². The first-order chi connectivity index (χ1) is 16.9. The number of carboxylic acid groups (broad SMARTS) is 1. The summed E-state index contributed by atoms with van der Waals surface area (Å²) in [4.78, 5) is 23.9. The molecule has 1 amide bonds. The lowest BCUT2D eigenvalue weighted by Crippen LogP contribution is -2.42. The van der Waals surface area contributed by atoms with E-state index in [0.29, 0.717) is 18.1 Å². The molecule has 0 spiro atoms. The zero-order valence-corrected chi connectivity index (χ0v) is 22.9. The van der Waals surface area contributed by atoms with Gasteiger partial charge in [0, 0.05) is 12.0 Å². The number of carbonyl (C=O) groups is 2. The number of halogens is 2. The summed E-state index contributed by atoms with van der Waals surface area (Å²) < 4.78 is 17.1. The summed E-state index contributed by atoms with van der Waals surface area (Å²) in [5.41, 5.74) is 3.05. The van der Waals surface area contributed by atoms with Gasteiger partial charge in [-0.05, 0) is 56.0 Å². The Morgan fingerprint density at radius 1 is 1.03 bits per heavy atom. The fourth-order valence-electron chi connectivity index (χ4n) is 3.31. The maximum absolute atomic E-state index is 12.2. The number of carbonyl (C=O) groups excluding carboxylic acids is 1. The van der Waals surface area contributed by atoms with Gasteiger partial charge in [-0.25, -0.2) is 4.79 Å². The highest BCUT2D eigenvalue weighted by molar-refractivity contribution is 6.57. The normalized spacial score (nSPS) is 12.0. The van der Waals surface area contributed by atoms with Crippen LogP contribution in [0.25, 0.3) is 11.1 Å². The maximum Gasteiger partial charge on any atom is 0.326 e. The molecular weight excluding hydrogens is 505 g/mol. The molecule has 0 saturated carbocycles. The minimum absolute atomic E-state index is 0.0474. The topological polar surface area (TPSA) is 94.1 Å². The third-order valence-corrected chi connectivity index (χ3v) is 6.52. The van der Waals surface area contributed by atoms with E-state index in [4.69, 9.17) is 37.4 Å². The van der Waals surface area contributed by atoms with Crippen LogP contribution >= 0.6 is 23.2 Å². The molecule has 0 fully saturated rings. The van der Waals surface area contributed by atoms with Gasteiger partial charge in [-0.3, -0.25) is 4.79 Å². The van der Waals surface area contributed by atoms with Gasteiger partial charge < -0.3 is 24.6 Å². The van der Waals surface area contributed by atoms with Gasteiger partial charge in [0.25, 0.3) is 0 Å². The van der Waals surface area contributed by atoms with Crippen LogP contribution < -0.4 is 14.8 Å². The number of methoxy groups -OCH3 is 2. The lowest BCUT2D eigenvalue weighted by Gasteiger charge is -2.24. The Hall–Kier alpha value is -2.74. The molecular formula is C27H33Cl2NO6. The molecule has 0 saturated heterocycles. The van der Waals surface area contributed by atoms with Crippen molar-refractivity contribution in [2.45, 2.75) is 58.8 Å². The Labute approximate surface area is 222 Å². The molecule has 0 aromatic heterocycles. The van der Waals surface area contributed by atoms with Crippen LogP contribution in [-0.4, -0.2) is 42.8 Å². The van der Waals surface area contributed by atoms with Crippen molar-refractivity contribution in [2.24, 2.45) is 0 Å². The van der Waals surface area contributed by atoms with E-state index in [9.17, 15) is 14.7 Å². The van der Waals surface area contributed by atoms with Crippen molar-refractivity contribution in [3.05, 3.63) is 57.6 Å². The highest BCUT2D eigenvalue weighted by Gasteiger charge is 2.23. The smallest absolute Gasteiger partial charge is 0.326 e. The highest BCUT2D eigenvalue weighted by Crippen LogP contribution is 2.40. The molecule has 2 N–H and O–H groups in total. The van der Waals surface area contributed by atoms with Crippen LogP contribution in [0.5, 0.6) is 11.5 Å². The molecule has 1 atom stereocenters. The average molecular weight is 538 g/mol. The Balaban J connectivity index is 2.30. The van der Waals surface area contributed by atoms with Crippen LogP contribution in [0.4, 0.5) is 0 Å². The molecule has 0 aliphatic heterocycles. The van der Waals surface area contributed by atoms with Crippen molar-refractivity contribution in [3.8, 4) is 22.6 Å². The van der Waals surface area contributed by atoms with Crippen molar-refractivity contribution in [1.82, 2.24) is 5.32 Å². The van der Waals surface area contributed by atoms with Crippen LogP contribution in [-0.2, 0) is 27.4 Å². The Bertz CT molecular complexity index is 1080. The Kier molecular flexibility index (Phi) is 10.6. The maximum atomic E-state index is 12.2. The standard InChI is InChI=1S/C27H33Cl2NO6/c1-7-27(3,4)36-15-18-13-21(34-5)23(22(14-18)35-6)19-10-8-17(9-11-19)12-20(26(32)33)30-25(31)16(2)24(28)29/h8-11,13-14,20H,7,12,15H2,1-6H3,(H,30,31)(H,32,33)/t20-/m0/s1. The first-order valence-electron chi connectivity index (χ1n) is 11.5. The second-order valence-electron chi connectivity index (χ2n) is 8.93. The second kappa shape index (κ2) is 13.0. The monoisotopic (exact) mass is 537 g/mol. The molecule has 196 valence electrons. The van der Waals surface area contributed by atoms with Crippen LogP contribution in [0.2, 0.25) is 0 Å². The number of aliphatic carboxylic acids is 1. The van der Waals surface area contributed by atoms with E-state index in [2.05, 4.69) is 12.2 Å². The van der Waals surface area contributed by atoms with E-state index in [1.165, 1.54) is 6.92 Å². The van der Waals surface area contributed by atoms with Gasteiger partial charge in [0.2, 0.25) is 5.91 Å². The minimum atomic E-state index is -1.17. The first kappa shape index (κ1) is 29.5. The SMILES string of the molecule is CCC(C)(C)OCc1cc(OC)c(-c2ccc(C[C@H](NC(=O)C(C)=C(Cl)Cl)C(=O)O)cc2)c(OC)c1. The number of rotatable bonds is 12. The largest absolute Gasteiger partial charge is 0.496 e. The van der Waals surface area contributed by atoms with Gasteiger partial charge in [0.1, 0.15) is 22.0 Å². The van der Waals surface area contributed by atoms with Gasteiger partial charge in [-0.2, -0.15) is 0 Å². The fraction of sp³-hybridized carbons (Fsp3) is 0.407. The molecule has 0 unspecified atom stereocenters. The third-order valence-electron chi connectivity index (χ3n) is 5.96. The first-order valence-corrected chi connectivity index (χ1v) is 12.2. The number of ether oxygens (including phenoxy) is 3. The molecule has 0 heterocycles. The predicted molar refractivity (Wildman–Crippen MR) is 142 cm³/mol. The molecule has 36 heavy (non-hydrogen) atoms. The van der Waals surface area contributed by atoms with Crippen LogP contribution in [0.15, 0.2) is 46.5 Å². The summed E-state index contributed by atoms with van der Waals surface area (Å²) in [5, 5.41) is 12.0. The van der Waals surface area contributed by atoms with E-state index in [0.717, 1.165) is 28.7 Å². The summed E-state index contributed by atoms with van der Waals surface area (Å²) in [6, 6.07) is 10.0. The molecule has 2 rings (SSSR count). The fourth-order valence-corrected chi connectivity index (χ4v) is 3.48. The van der Waals surface area contributed by atoms with Crippen molar-refractivity contribution in [3.63, 3.8) is 0 Å². The third kappa shape index (κ3) is 7.88. The van der Waals surface area contributed by atoms with Crippen molar-refractivity contribution in [2.75, 3.05) is 14.2 Å². The van der Waals surface area contributed by atoms with Gasteiger partial charge in [-0.15, -0.1) is 0 Å². The van der Waals surface area contributed by atoms with E-state index < -0.39 is 17.9 Å². The molecule has 9 heteroatoms. The molecule has 0 bridgehead atoms. The van der Waals surface area contributed by atoms with Gasteiger partial charge in [-0.1, -0.05) is 54.4 Å². The molecule has 0 aliphatic rings. The Morgan fingerprint density at radius 3 is 2.03 bits per heavy atom. The number of amides is 1. The van der Waals surface area contributed by atoms with Crippen molar-refractivity contribution >= 4 is 35.1 Å². The van der Waals surface area contributed by atoms with Crippen molar-refractivity contribution < 1.29 is 28.9 Å². The molecule has 0 radical (unpaired) electrons. The second-order valence-corrected chi connectivity index (χ2v) is 9.88. The molecule has 2 aromatic rings. The molecule has 2 aromatic carbocycles. The predicted octanol–water partition coefficient (Wildman–Crippen LogP) is 5.90. The highest BCUT2D eigenvalue weighted by atomic mass is 35.5. The summed E-state index contributed by atoms with van der Waals surface area (Å²) in [5.74, 6) is -0.546. The van der Waals surface area contributed by atoms with E-state index in [1.807, 2.05) is 38.1 Å². The summed E-state index contributed by atoms with van der Waals surface area (Å²) >= 11 is 11.3.